The van der Waals surface area contributed by atoms with Gasteiger partial charge < -0.3 is 10.1 Å². The minimum absolute atomic E-state index is 0.601. The van der Waals surface area contributed by atoms with E-state index in [1.807, 2.05) is 0 Å². The minimum atomic E-state index is 0.601. The number of rotatable bonds is 4. The van der Waals surface area contributed by atoms with Gasteiger partial charge in [0.25, 0.3) is 0 Å². The molecule has 1 aliphatic heterocycles. The van der Waals surface area contributed by atoms with Crippen LogP contribution in [0.15, 0.2) is 30.3 Å². The molecule has 2 rings (SSSR count). The summed E-state index contributed by atoms with van der Waals surface area (Å²) in [6.45, 7) is 2.82. The summed E-state index contributed by atoms with van der Waals surface area (Å²) >= 11 is 0. The van der Waals surface area contributed by atoms with Gasteiger partial charge in [0.05, 0.1) is 19.3 Å². The molecule has 1 aromatic carbocycles. The van der Waals surface area contributed by atoms with Crippen molar-refractivity contribution in [2.45, 2.75) is 12.5 Å². The van der Waals surface area contributed by atoms with E-state index >= 15 is 0 Å². The lowest BCUT2D eigenvalue weighted by molar-refractivity contribution is -0.00467. The number of hydrogen-bond donors (Lipinski definition) is 1. The number of nitrogens with one attached hydrogen (secondary N) is 1. The van der Waals surface area contributed by atoms with Crippen LogP contribution < -0.4 is 5.32 Å². The smallest absolute Gasteiger partial charge is 0.0643 e. The Balaban J connectivity index is 1.67. The van der Waals surface area contributed by atoms with Crippen molar-refractivity contribution in [1.82, 2.24) is 5.32 Å². The van der Waals surface area contributed by atoms with Gasteiger partial charge in [-0.2, -0.15) is 0 Å². The van der Waals surface area contributed by atoms with E-state index in [-0.39, 0.29) is 0 Å². The highest BCUT2D eigenvalue weighted by atomic mass is 16.5. The molecule has 1 fully saturated rings. The van der Waals surface area contributed by atoms with Crippen molar-refractivity contribution in [3.8, 4) is 0 Å². The Morgan fingerprint density at radius 3 is 2.62 bits per heavy atom. The lowest BCUT2D eigenvalue weighted by Gasteiger charge is -2.26. The molecule has 1 aliphatic rings. The number of hydrogen-bond acceptors (Lipinski definition) is 2. The van der Waals surface area contributed by atoms with Gasteiger partial charge in [-0.15, -0.1) is 0 Å². The van der Waals surface area contributed by atoms with Gasteiger partial charge in [0.1, 0.15) is 0 Å². The summed E-state index contributed by atoms with van der Waals surface area (Å²) in [5, 5.41) is 3.44. The maximum atomic E-state index is 5.08. The lowest BCUT2D eigenvalue weighted by atomic mass is 10.1. The maximum absolute atomic E-state index is 5.08. The molecule has 0 saturated carbocycles. The third-order valence-corrected chi connectivity index (χ3v) is 2.33. The Morgan fingerprint density at radius 2 is 2.00 bits per heavy atom. The second-order valence-electron chi connectivity index (χ2n) is 3.42. The molecule has 2 heteroatoms. The molecule has 1 aromatic rings. The minimum Gasteiger partial charge on any atom is -0.378 e. The van der Waals surface area contributed by atoms with Crippen molar-refractivity contribution in [1.29, 1.82) is 0 Å². The van der Waals surface area contributed by atoms with Crippen LogP contribution in [0.2, 0.25) is 0 Å². The summed E-state index contributed by atoms with van der Waals surface area (Å²) in [5.74, 6) is 0. The summed E-state index contributed by atoms with van der Waals surface area (Å²) < 4.78 is 5.08. The Bertz CT molecular complexity index is 244. The zero-order chi connectivity index (χ0) is 8.93. The molecule has 1 heterocycles. The van der Waals surface area contributed by atoms with E-state index in [4.69, 9.17) is 4.74 Å². The third-order valence-electron chi connectivity index (χ3n) is 2.33. The fraction of sp³-hybridized carbons (Fsp3) is 0.455. The molecule has 0 radical (unpaired) electrons. The van der Waals surface area contributed by atoms with Gasteiger partial charge >= 0.3 is 0 Å². The molecule has 0 spiro atoms. The zero-order valence-corrected chi connectivity index (χ0v) is 7.70. The van der Waals surface area contributed by atoms with Crippen LogP contribution in [0.1, 0.15) is 5.56 Å². The van der Waals surface area contributed by atoms with Crippen LogP contribution in [0.25, 0.3) is 0 Å². The van der Waals surface area contributed by atoms with Gasteiger partial charge in [0, 0.05) is 0 Å². The van der Waals surface area contributed by atoms with E-state index < -0.39 is 0 Å². The van der Waals surface area contributed by atoms with E-state index in [0.29, 0.717) is 6.04 Å². The highest BCUT2D eigenvalue weighted by molar-refractivity contribution is 5.14. The average Bonchev–Trinajstić information content (AvgIpc) is 2.11. The number of benzene rings is 1. The molecule has 0 aromatic heterocycles. The summed E-state index contributed by atoms with van der Waals surface area (Å²) in [5.41, 5.74) is 1.40. The van der Waals surface area contributed by atoms with Crippen LogP contribution in [0.5, 0.6) is 0 Å². The monoisotopic (exact) mass is 177 g/mol. The molecule has 2 nitrogen and oxygen atoms in total. The van der Waals surface area contributed by atoms with Crippen LogP contribution in [-0.2, 0) is 11.2 Å². The fourth-order valence-corrected chi connectivity index (χ4v) is 1.42. The van der Waals surface area contributed by atoms with Gasteiger partial charge in [-0.05, 0) is 18.5 Å². The molecule has 0 aliphatic carbocycles. The van der Waals surface area contributed by atoms with Crippen molar-refractivity contribution >= 4 is 0 Å². The quantitative estimate of drug-likeness (QED) is 0.746. The van der Waals surface area contributed by atoms with Crippen molar-refractivity contribution < 1.29 is 4.74 Å². The second-order valence-corrected chi connectivity index (χ2v) is 3.42. The second kappa shape index (κ2) is 4.40. The van der Waals surface area contributed by atoms with Crippen LogP contribution in [-0.4, -0.2) is 25.8 Å². The first-order valence-corrected chi connectivity index (χ1v) is 4.80. The molecule has 0 unspecified atom stereocenters. The predicted octanol–water partition coefficient (Wildman–Crippen LogP) is 1.22. The number of ether oxygens (including phenoxy) is 1. The molecule has 70 valence electrons. The van der Waals surface area contributed by atoms with Crippen LogP contribution in [0.4, 0.5) is 0 Å². The van der Waals surface area contributed by atoms with Crippen LogP contribution in [0.3, 0.4) is 0 Å². The van der Waals surface area contributed by atoms with Crippen molar-refractivity contribution in [3.63, 3.8) is 0 Å². The normalized spacial score (nSPS) is 16.9. The highest BCUT2D eigenvalue weighted by Crippen LogP contribution is 2.01. The van der Waals surface area contributed by atoms with Gasteiger partial charge in [-0.1, -0.05) is 30.3 Å². The predicted molar refractivity (Wildman–Crippen MR) is 52.8 cm³/mol. The molecule has 0 amide bonds. The molecule has 0 atom stereocenters. The van der Waals surface area contributed by atoms with Gasteiger partial charge in [-0.25, -0.2) is 0 Å². The molecular formula is C11H15NO. The largest absolute Gasteiger partial charge is 0.378 e. The van der Waals surface area contributed by atoms with Gasteiger partial charge in [0.15, 0.2) is 0 Å². The Labute approximate surface area is 78.9 Å². The highest BCUT2D eigenvalue weighted by Gasteiger charge is 2.16. The van der Waals surface area contributed by atoms with E-state index in [0.717, 1.165) is 26.2 Å². The van der Waals surface area contributed by atoms with E-state index in [2.05, 4.69) is 35.6 Å². The first-order valence-electron chi connectivity index (χ1n) is 4.80. The SMILES string of the molecule is c1ccc(CCNC2COC2)cc1. The lowest BCUT2D eigenvalue weighted by Crippen LogP contribution is -2.46. The first-order chi connectivity index (χ1) is 6.45. The summed E-state index contributed by atoms with van der Waals surface area (Å²) in [7, 11) is 0. The topological polar surface area (TPSA) is 21.3 Å². The van der Waals surface area contributed by atoms with Crippen molar-refractivity contribution in [3.05, 3.63) is 35.9 Å². The van der Waals surface area contributed by atoms with Gasteiger partial charge in [0.2, 0.25) is 0 Å². The summed E-state index contributed by atoms with van der Waals surface area (Å²) in [6.07, 6.45) is 1.11. The molecule has 1 saturated heterocycles. The first kappa shape index (κ1) is 8.73. The van der Waals surface area contributed by atoms with E-state index in [1.54, 1.807) is 0 Å². The molecular weight excluding hydrogens is 162 g/mol. The molecule has 0 bridgehead atoms. The fourth-order valence-electron chi connectivity index (χ4n) is 1.42. The Hall–Kier alpha value is -0.860. The Kier molecular flexibility index (Phi) is 2.95. The molecule has 13 heavy (non-hydrogen) atoms. The maximum Gasteiger partial charge on any atom is 0.0643 e. The van der Waals surface area contributed by atoms with Crippen LogP contribution >= 0.6 is 0 Å². The standard InChI is InChI=1S/C11H15NO/c1-2-4-10(5-3-1)6-7-12-11-8-13-9-11/h1-5,11-12H,6-9H2. The summed E-state index contributed by atoms with van der Waals surface area (Å²) in [6, 6.07) is 11.2. The Morgan fingerprint density at radius 1 is 1.23 bits per heavy atom. The third kappa shape index (κ3) is 2.54. The zero-order valence-electron chi connectivity index (χ0n) is 7.70. The van der Waals surface area contributed by atoms with Gasteiger partial charge in [-0.3, -0.25) is 0 Å². The van der Waals surface area contributed by atoms with Crippen molar-refractivity contribution in [2.24, 2.45) is 0 Å². The van der Waals surface area contributed by atoms with E-state index in [9.17, 15) is 0 Å². The van der Waals surface area contributed by atoms with Crippen molar-refractivity contribution in [2.75, 3.05) is 19.8 Å². The van der Waals surface area contributed by atoms with E-state index in [1.165, 1.54) is 5.56 Å². The molecule has 1 N–H and O–H groups in total. The van der Waals surface area contributed by atoms with Crippen LogP contribution in [0, 0.1) is 0 Å². The summed E-state index contributed by atoms with van der Waals surface area (Å²) in [4.78, 5) is 0. The average molecular weight is 177 g/mol.